The molecule has 0 saturated heterocycles. The molecule has 0 unspecified atom stereocenters. The Kier molecular flexibility index (Phi) is 6.54. The van der Waals surface area contributed by atoms with Gasteiger partial charge in [-0.15, -0.1) is 0 Å². The monoisotopic (exact) mass is 361 g/mol. The summed E-state index contributed by atoms with van der Waals surface area (Å²) in [5.41, 5.74) is 1.29. The van der Waals surface area contributed by atoms with Gasteiger partial charge in [0.25, 0.3) is 0 Å². The molecule has 1 amide bonds. The number of halogens is 2. The number of hydrogen-bond acceptors (Lipinski definition) is 4. The fraction of sp³-hybridized carbons (Fsp3) is 0.211. The summed E-state index contributed by atoms with van der Waals surface area (Å²) in [5.74, 6) is -3.46. The molecular weight excluding hydrogens is 344 g/mol. The van der Waals surface area contributed by atoms with Gasteiger partial charge in [-0.2, -0.15) is 0 Å². The van der Waals surface area contributed by atoms with Crippen molar-refractivity contribution < 1.29 is 27.9 Å². The zero-order valence-corrected chi connectivity index (χ0v) is 14.1. The number of hydrogen-bond donors (Lipinski definition) is 0. The van der Waals surface area contributed by atoms with E-state index in [0.29, 0.717) is 11.1 Å². The second kappa shape index (κ2) is 8.84. The topological polar surface area (TPSA) is 63.7 Å². The van der Waals surface area contributed by atoms with E-state index in [4.69, 9.17) is 0 Å². The van der Waals surface area contributed by atoms with Gasteiger partial charge in [-0.25, -0.2) is 13.6 Å². The van der Waals surface area contributed by atoms with E-state index >= 15 is 0 Å². The van der Waals surface area contributed by atoms with Gasteiger partial charge in [0.1, 0.15) is 11.6 Å². The lowest BCUT2D eigenvalue weighted by Gasteiger charge is -2.23. The molecule has 0 saturated carbocycles. The van der Waals surface area contributed by atoms with E-state index in [2.05, 4.69) is 4.74 Å². The standard InChI is InChI=1S/C19H17F2NO4/c1-26-19(25)17(23)10-18(24)22(11-13-2-6-15(20)7-3-13)12-14-4-8-16(21)9-5-14/h2-9H,10-12H2,1H3. The number of methoxy groups -OCH3 is 1. The largest absolute Gasteiger partial charge is 0.463 e. The number of esters is 1. The Bertz CT molecular complexity index is 741. The lowest BCUT2D eigenvalue weighted by molar-refractivity contribution is -0.153. The first-order valence-corrected chi connectivity index (χ1v) is 7.77. The maximum atomic E-state index is 13.1. The van der Waals surface area contributed by atoms with Crippen molar-refractivity contribution in [2.75, 3.05) is 7.11 Å². The zero-order valence-electron chi connectivity index (χ0n) is 14.1. The molecule has 0 atom stereocenters. The number of nitrogens with zero attached hydrogens (tertiary/aromatic N) is 1. The Labute approximate surface area is 149 Å². The SMILES string of the molecule is COC(=O)C(=O)CC(=O)N(Cc1ccc(F)cc1)Cc1ccc(F)cc1. The van der Waals surface area contributed by atoms with E-state index in [0.717, 1.165) is 7.11 Å². The third-order valence-electron chi connectivity index (χ3n) is 3.65. The lowest BCUT2D eigenvalue weighted by Crippen LogP contribution is -2.33. The molecule has 0 fully saturated rings. The minimum Gasteiger partial charge on any atom is -0.463 e. The zero-order chi connectivity index (χ0) is 19.1. The summed E-state index contributed by atoms with van der Waals surface area (Å²) in [6.07, 6.45) is -0.644. The molecule has 0 aliphatic rings. The van der Waals surface area contributed by atoms with E-state index in [-0.39, 0.29) is 13.1 Å². The summed E-state index contributed by atoms with van der Waals surface area (Å²) >= 11 is 0. The Morgan fingerprint density at radius 3 is 1.65 bits per heavy atom. The van der Waals surface area contributed by atoms with E-state index < -0.39 is 35.7 Å². The average molecular weight is 361 g/mol. The van der Waals surface area contributed by atoms with Gasteiger partial charge in [0.05, 0.1) is 13.5 Å². The molecule has 2 rings (SSSR count). The van der Waals surface area contributed by atoms with Crippen LogP contribution < -0.4 is 0 Å². The fourth-order valence-corrected chi connectivity index (χ4v) is 2.29. The number of amides is 1. The summed E-state index contributed by atoms with van der Waals surface area (Å²) < 4.78 is 30.4. The predicted octanol–water partition coefficient (Wildman–Crippen LogP) is 2.63. The Morgan fingerprint density at radius 1 is 0.846 bits per heavy atom. The first kappa shape index (κ1) is 19.2. The summed E-state index contributed by atoms with van der Waals surface area (Å²) in [6.45, 7) is 0.204. The van der Waals surface area contributed by atoms with Crippen LogP contribution in [0.1, 0.15) is 17.5 Å². The molecule has 0 N–H and O–H groups in total. The normalized spacial score (nSPS) is 10.3. The van der Waals surface area contributed by atoms with Gasteiger partial charge in [0, 0.05) is 13.1 Å². The summed E-state index contributed by atoms with van der Waals surface area (Å²) in [6, 6.07) is 11.1. The van der Waals surface area contributed by atoms with Crippen molar-refractivity contribution in [2.45, 2.75) is 19.5 Å². The highest BCUT2D eigenvalue weighted by molar-refractivity contribution is 6.36. The molecular formula is C19H17F2NO4. The number of carbonyl (C=O) groups excluding carboxylic acids is 3. The molecule has 0 aliphatic heterocycles. The van der Waals surface area contributed by atoms with E-state index in [1.165, 1.54) is 53.4 Å². The molecule has 0 aromatic heterocycles. The third-order valence-corrected chi connectivity index (χ3v) is 3.65. The highest BCUT2D eigenvalue weighted by atomic mass is 19.1. The first-order chi connectivity index (χ1) is 12.4. The van der Waals surface area contributed by atoms with Crippen molar-refractivity contribution in [2.24, 2.45) is 0 Å². The van der Waals surface area contributed by atoms with E-state index in [1.807, 2.05) is 0 Å². The molecule has 26 heavy (non-hydrogen) atoms. The number of benzene rings is 2. The molecule has 0 heterocycles. The Morgan fingerprint density at radius 2 is 1.27 bits per heavy atom. The predicted molar refractivity (Wildman–Crippen MR) is 88.7 cm³/mol. The van der Waals surface area contributed by atoms with Crippen LogP contribution in [0.5, 0.6) is 0 Å². The summed E-state index contributed by atoms with van der Waals surface area (Å²) in [4.78, 5) is 36.7. The molecule has 5 nitrogen and oxygen atoms in total. The molecule has 7 heteroatoms. The number of ketones is 1. The van der Waals surface area contributed by atoms with Crippen molar-refractivity contribution in [3.8, 4) is 0 Å². The maximum absolute atomic E-state index is 13.1. The van der Waals surface area contributed by atoms with Gasteiger partial charge >= 0.3 is 5.97 Å². The number of Topliss-reactive ketones (excluding diaryl/α,β-unsaturated/α-hetero) is 1. The highest BCUT2D eigenvalue weighted by Crippen LogP contribution is 2.13. The van der Waals surface area contributed by atoms with Crippen LogP contribution in [0.4, 0.5) is 8.78 Å². The van der Waals surface area contributed by atoms with Crippen molar-refractivity contribution in [3.63, 3.8) is 0 Å². The quantitative estimate of drug-likeness (QED) is 0.432. The van der Waals surface area contributed by atoms with E-state index in [1.54, 1.807) is 0 Å². The Balaban J connectivity index is 2.17. The van der Waals surface area contributed by atoms with Crippen molar-refractivity contribution in [1.82, 2.24) is 4.90 Å². The van der Waals surface area contributed by atoms with Crippen LogP contribution in [0.3, 0.4) is 0 Å². The molecule has 2 aromatic carbocycles. The molecule has 0 aliphatic carbocycles. The molecule has 0 spiro atoms. The van der Waals surface area contributed by atoms with E-state index in [9.17, 15) is 23.2 Å². The van der Waals surface area contributed by atoms with Gasteiger partial charge in [-0.1, -0.05) is 24.3 Å². The average Bonchev–Trinajstić information content (AvgIpc) is 2.63. The summed E-state index contributed by atoms with van der Waals surface area (Å²) in [7, 11) is 1.06. The van der Waals surface area contributed by atoms with Crippen LogP contribution in [0.25, 0.3) is 0 Å². The van der Waals surface area contributed by atoms with Crippen molar-refractivity contribution in [3.05, 3.63) is 71.3 Å². The van der Waals surface area contributed by atoms with Gasteiger partial charge < -0.3 is 9.64 Å². The third kappa shape index (κ3) is 5.47. The van der Waals surface area contributed by atoms with Crippen LogP contribution in [-0.4, -0.2) is 29.7 Å². The van der Waals surface area contributed by atoms with Gasteiger partial charge in [-0.3, -0.25) is 9.59 Å². The smallest absolute Gasteiger partial charge is 0.374 e. The van der Waals surface area contributed by atoms with Gasteiger partial charge in [0.15, 0.2) is 0 Å². The maximum Gasteiger partial charge on any atom is 0.374 e. The molecule has 2 aromatic rings. The van der Waals surface area contributed by atoms with Crippen LogP contribution in [0.2, 0.25) is 0 Å². The molecule has 0 bridgehead atoms. The highest BCUT2D eigenvalue weighted by Gasteiger charge is 2.23. The molecule has 136 valence electrons. The second-order valence-corrected chi connectivity index (χ2v) is 5.59. The van der Waals surface area contributed by atoms with Crippen molar-refractivity contribution >= 4 is 17.7 Å². The Hall–Kier alpha value is -3.09. The minimum absolute atomic E-state index is 0.102. The van der Waals surface area contributed by atoms with Crippen LogP contribution in [-0.2, 0) is 32.2 Å². The van der Waals surface area contributed by atoms with Crippen molar-refractivity contribution in [1.29, 1.82) is 0 Å². The van der Waals surface area contributed by atoms with Gasteiger partial charge in [-0.05, 0) is 35.4 Å². The summed E-state index contributed by atoms with van der Waals surface area (Å²) in [5, 5.41) is 0. The van der Waals surface area contributed by atoms with Crippen LogP contribution in [0.15, 0.2) is 48.5 Å². The first-order valence-electron chi connectivity index (χ1n) is 7.77. The second-order valence-electron chi connectivity index (χ2n) is 5.59. The lowest BCUT2D eigenvalue weighted by atomic mass is 10.1. The minimum atomic E-state index is -1.10. The van der Waals surface area contributed by atoms with Gasteiger partial charge in [0.2, 0.25) is 11.7 Å². The number of carbonyl (C=O) groups is 3. The van der Waals surface area contributed by atoms with Crippen LogP contribution >= 0.6 is 0 Å². The van der Waals surface area contributed by atoms with Crippen LogP contribution in [0, 0.1) is 11.6 Å². The molecule has 0 radical (unpaired) electrons. The fourth-order valence-electron chi connectivity index (χ4n) is 2.29. The number of ether oxygens (including phenoxy) is 1. The number of rotatable bonds is 7.